The third-order valence-electron chi connectivity index (χ3n) is 3.34. The minimum absolute atomic E-state index is 0.292. The third kappa shape index (κ3) is 1.09. The molecule has 1 aromatic carbocycles. The van der Waals surface area contributed by atoms with Gasteiger partial charge in [-0.25, -0.2) is 0 Å². The summed E-state index contributed by atoms with van der Waals surface area (Å²) in [5, 5.41) is 11.0. The largest absolute Gasteiger partial charge is 0.309 e. The molecule has 1 atom stereocenters. The van der Waals surface area contributed by atoms with Crippen molar-refractivity contribution in [2.45, 2.75) is 19.4 Å². The van der Waals surface area contributed by atoms with Gasteiger partial charge in [-0.1, -0.05) is 31.2 Å². The maximum Gasteiger partial charge on any atom is 0.0978 e. The minimum atomic E-state index is 0.292. The minimum Gasteiger partial charge on any atom is -0.309 e. The molecule has 2 N–H and O–H groups in total. The Hall–Kier alpha value is -1.61. The van der Waals surface area contributed by atoms with Crippen molar-refractivity contribution in [2.75, 3.05) is 7.05 Å². The van der Waals surface area contributed by atoms with E-state index in [2.05, 4.69) is 46.7 Å². The highest BCUT2D eigenvalue weighted by molar-refractivity contribution is 5.76. The second kappa shape index (κ2) is 3.46. The van der Waals surface area contributed by atoms with Crippen LogP contribution in [0.15, 0.2) is 24.3 Å². The number of rotatable bonds is 2. The number of benzene rings is 1. The smallest absolute Gasteiger partial charge is 0.0978 e. The van der Waals surface area contributed by atoms with Gasteiger partial charge in [0, 0.05) is 16.8 Å². The van der Waals surface area contributed by atoms with Crippen molar-refractivity contribution in [3.05, 3.63) is 41.1 Å². The lowest BCUT2D eigenvalue weighted by atomic mass is 10.0. The first kappa shape index (κ1) is 9.60. The molecular weight excluding hydrogens is 198 g/mol. The highest BCUT2D eigenvalue weighted by Gasteiger charge is 2.31. The van der Waals surface area contributed by atoms with Gasteiger partial charge in [0.15, 0.2) is 0 Å². The van der Waals surface area contributed by atoms with Gasteiger partial charge in [0.05, 0.1) is 11.7 Å². The fourth-order valence-electron chi connectivity index (χ4n) is 2.59. The highest BCUT2D eigenvalue weighted by Crippen LogP contribution is 2.43. The molecule has 1 aliphatic carbocycles. The average Bonchev–Trinajstić information content (AvgIpc) is 2.86. The van der Waals surface area contributed by atoms with Crippen LogP contribution in [0.2, 0.25) is 0 Å². The van der Waals surface area contributed by atoms with E-state index >= 15 is 0 Å². The van der Waals surface area contributed by atoms with Crippen LogP contribution in [0.25, 0.3) is 11.3 Å². The topological polar surface area (TPSA) is 40.7 Å². The van der Waals surface area contributed by atoms with Crippen LogP contribution >= 0.6 is 0 Å². The van der Waals surface area contributed by atoms with Crippen LogP contribution in [0.5, 0.6) is 0 Å². The summed E-state index contributed by atoms with van der Waals surface area (Å²) in [6.07, 6.45) is 0.995. The van der Waals surface area contributed by atoms with Crippen LogP contribution in [-0.2, 0) is 6.42 Å². The Labute approximate surface area is 94.9 Å². The quantitative estimate of drug-likeness (QED) is 0.803. The standard InChI is InChI=1S/C13H15N3/c1-3-10-11-12(14-2)8-6-4-5-7-9(8)13(11)16-15-10/h4-7,12,14H,3H2,1-2H3,(H,15,16). The fraction of sp³-hybridized carbons (Fsp3) is 0.308. The van der Waals surface area contributed by atoms with Gasteiger partial charge in [0.1, 0.15) is 0 Å². The summed E-state index contributed by atoms with van der Waals surface area (Å²) in [5.41, 5.74) is 6.28. The van der Waals surface area contributed by atoms with Crippen LogP contribution in [0.3, 0.4) is 0 Å². The Morgan fingerprint density at radius 1 is 1.38 bits per heavy atom. The molecule has 3 rings (SSSR count). The molecule has 0 spiro atoms. The summed E-state index contributed by atoms with van der Waals surface area (Å²) in [7, 11) is 2.00. The van der Waals surface area contributed by atoms with Crippen molar-refractivity contribution in [3.8, 4) is 11.3 Å². The highest BCUT2D eigenvalue weighted by atomic mass is 15.1. The van der Waals surface area contributed by atoms with E-state index < -0.39 is 0 Å². The molecule has 3 heteroatoms. The van der Waals surface area contributed by atoms with E-state index in [4.69, 9.17) is 0 Å². The molecule has 1 unspecified atom stereocenters. The van der Waals surface area contributed by atoms with Crippen LogP contribution in [0.1, 0.15) is 29.8 Å². The first-order valence-corrected chi connectivity index (χ1v) is 5.70. The van der Waals surface area contributed by atoms with Gasteiger partial charge in [-0.2, -0.15) is 5.10 Å². The molecular formula is C13H15N3. The van der Waals surface area contributed by atoms with Crippen LogP contribution in [0, 0.1) is 0 Å². The third-order valence-corrected chi connectivity index (χ3v) is 3.34. The van der Waals surface area contributed by atoms with Crippen LogP contribution in [0.4, 0.5) is 0 Å². The average molecular weight is 213 g/mol. The van der Waals surface area contributed by atoms with Crippen molar-refractivity contribution >= 4 is 0 Å². The maximum absolute atomic E-state index is 4.44. The summed E-state index contributed by atoms with van der Waals surface area (Å²) >= 11 is 0. The molecule has 2 aromatic rings. The zero-order valence-corrected chi connectivity index (χ0v) is 9.54. The molecule has 0 radical (unpaired) electrons. The van der Waals surface area contributed by atoms with Crippen LogP contribution < -0.4 is 5.32 Å². The molecule has 0 amide bonds. The molecule has 1 heterocycles. The van der Waals surface area contributed by atoms with Crippen molar-refractivity contribution < 1.29 is 0 Å². The van der Waals surface area contributed by atoms with Gasteiger partial charge in [-0.05, 0) is 19.0 Å². The summed E-state index contributed by atoms with van der Waals surface area (Å²) in [6, 6.07) is 8.77. The Morgan fingerprint density at radius 2 is 2.19 bits per heavy atom. The normalized spacial score (nSPS) is 17.2. The molecule has 0 fully saturated rings. The van der Waals surface area contributed by atoms with Crippen molar-refractivity contribution in [1.82, 2.24) is 15.5 Å². The summed E-state index contributed by atoms with van der Waals surface area (Å²) < 4.78 is 0. The summed E-state index contributed by atoms with van der Waals surface area (Å²) in [6.45, 7) is 2.16. The molecule has 1 aromatic heterocycles. The lowest BCUT2D eigenvalue weighted by molar-refractivity contribution is 0.698. The summed E-state index contributed by atoms with van der Waals surface area (Å²) in [5.74, 6) is 0. The van der Waals surface area contributed by atoms with E-state index in [-0.39, 0.29) is 0 Å². The molecule has 0 saturated carbocycles. The van der Waals surface area contributed by atoms with Gasteiger partial charge >= 0.3 is 0 Å². The first-order valence-electron chi connectivity index (χ1n) is 5.70. The predicted octanol–water partition coefficient (Wildman–Crippen LogP) is 2.26. The molecule has 16 heavy (non-hydrogen) atoms. The Bertz CT molecular complexity index is 528. The van der Waals surface area contributed by atoms with E-state index in [1.807, 2.05) is 7.05 Å². The monoisotopic (exact) mass is 213 g/mol. The van der Waals surface area contributed by atoms with E-state index in [0.717, 1.165) is 12.1 Å². The van der Waals surface area contributed by atoms with Crippen LogP contribution in [-0.4, -0.2) is 17.2 Å². The summed E-state index contributed by atoms with van der Waals surface area (Å²) in [4.78, 5) is 0. The lowest BCUT2D eigenvalue weighted by Gasteiger charge is -2.12. The number of nitrogens with one attached hydrogen (secondary N) is 2. The van der Waals surface area contributed by atoms with Crippen molar-refractivity contribution in [1.29, 1.82) is 0 Å². The SMILES string of the molecule is CCc1[nH]nc2c1C(NC)c1ccccc1-2. The van der Waals surface area contributed by atoms with Crippen molar-refractivity contribution in [3.63, 3.8) is 0 Å². The first-order chi connectivity index (χ1) is 7.86. The second-order valence-electron chi connectivity index (χ2n) is 4.13. The Morgan fingerprint density at radius 3 is 2.94 bits per heavy atom. The van der Waals surface area contributed by atoms with Gasteiger partial charge in [0.25, 0.3) is 0 Å². The number of hydrogen-bond acceptors (Lipinski definition) is 2. The number of aryl methyl sites for hydroxylation is 1. The molecule has 3 nitrogen and oxygen atoms in total. The van der Waals surface area contributed by atoms with E-state index in [1.54, 1.807) is 0 Å². The lowest BCUT2D eigenvalue weighted by Crippen LogP contribution is -2.16. The molecule has 82 valence electrons. The fourth-order valence-corrected chi connectivity index (χ4v) is 2.59. The van der Waals surface area contributed by atoms with Gasteiger partial charge < -0.3 is 5.32 Å². The maximum atomic E-state index is 4.44. The van der Waals surface area contributed by atoms with E-state index in [0.29, 0.717) is 6.04 Å². The zero-order chi connectivity index (χ0) is 11.1. The Balaban J connectivity index is 2.27. The van der Waals surface area contributed by atoms with Crippen molar-refractivity contribution in [2.24, 2.45) is 0 Å². The number of H-pyrrole nitrogens is 1. The van der Waals surface area contributed by atoms with E-state index in [1.165, 1.54) is 22.4 Å². The second-order valence-corrected chi connectivity index (χ2v) is 4.13. The number of fused-ring (bicyclic) bond motifs is 3. The molecule has 0 saturated heterocycles. The zero-order valence-electron chi connectivity index (χ0n) is 9.54. The van der Waals surface area contributed by atoms with Gasteiger partial charge in [0.2, 0.25) is 0 Å². The number of nitrogens with zero attached hydrogens (tertiary/aromatic N) is 1. The van der Waals surface area contributed by atoms with Gasteiger partial charge in [-0.3, -0.25) is 5.10 Å². The van der Waals surface area contributed by atoms with E-state index in [9.17, 15) is 0 Å². The predicted molar refractivity (Wildman–Crippen MR) is 64.3 cm³/mol. The molecule has 0 bridgehead atoms. The Kier molecular flexibility index (Phi) is 2.07. The molecule has 0 aliphatic heterocycles. The molecule has 1 aliphatic rings. The van der Waals surface area contributed by atoms with Gasteiger partial charge in [-0.15, -0.1) is 0 Å². The number of aromatic amines is 1. The number of hydrogen-bond donors (Lipinski definition) is 2. The number of aromatic nitrogens is 2.